The van der Waals surface area contributed by atoms with Crippen molar-refractivity contribution in [1.29, 1.82) is 0 Å². The minimum Gasteiger partial charge on any atom is -0.324 e. The van der Waals surface area contributed by atoms with E-state index in [1.807, 2.05) is 19.9 Å². The number of aryl methyl sites for hydroxylation is 1. The van der Waals surface area contributed by atoms with E-state index in [2.05, 4.69) is 9.97 Å². The predicted molar refractivity (Wildman–Crippen MR) is 69.9 cm³/mol. The molecule has 5 heteroatoms. The molecule has 0 bridgehead atoms. The van der Waals surface area contributed by atoms with Gasteiger partial charge in [0.05, 0.1) is 4.90 Å². The summed E-state index contributed by atoms with van der Waals surface area (Å²) in [5, 5.41) is 0.544. The summed E-state index contributed by atoms with van der Waals surface area (Å²) in [6.45, 7) is 3.70. The van der Waals surface area contributed by atoms with Gasteiger partial charge in [0, 0.05) is 17.9 Å². The first-order valence-electron chi connectivity index (χ1n) is 5.59. The molecule has 0 spiro atoms. The summed E-state index contributed by atoms with van der Waals surface area (Å²) in [6, 6.07) is 6.63. The van der Waals surface area contributed by atoms with Crippen molar-refractivity contribution in [3.8, 4) is 0 Å². The van der Waals surface area contributed by atoms with Gasteiger partial charge in [0.1, 0.15) is 5.82 Å². The molecule has 0 fully saturated rings. The molecule has 1 aromatic carbocycles. The number of hydrogen-bond donors (Lipinski definition) is 1. The third-order valence-corrected chi connectivity index (χ3v) is 3.39. The minimum atomic E-state index is -0.292. The highest BCUT2D eigenvalue weighted by molar-refractivity contribution is 7.99. The molecule has 0 radical (unpaired) electrons. The lowest BCUT2D eigenvalue weighted by Crippen LogP contribution is -2.05. The van der Waals surface area contributed by atoms with E-state index in [1.54, 1.807) is 18.3 Å². The highest BCUT2D eigenvalue weighted by Crippen LogP contribution is 2.28. The molecule has 2 rings (SSSR count). The van der Waals surface area contributed by atoms with Gasteiger partial charge in [0.25, 0.3) is 0 Å². The molecule has 0 saturated heterocycles. The Kier molecular flexibility index (Phi) is 3.93. The van der Waals surface area contributed by atoms with Crippen molar-refractivity contribution >= 4 is 11.8 Å². The van der Waals surface area contributed by atoms with Gasteiger partial charge in [0.2, 0.25) is 0 Å². The normalized spacial score (nSPS) is 12.4. The topological polar surface area (TPSA) is 51.8 Å². The van der Waals surface area contributed by atoms with Crippen LogP contribution in [0.2, 0.25) is 0 Å². The largest absolute Gasteiger partial charge is 0.324 e. The third kappa shape index (κ3) is 3.05. The van der Waals surface area contributed by atoms with Crippen LogP contribution in [0.3, 0.4) is 0 Å². The molecule has 0 aliphatic carbocycles. The molecule has 18 heavy (non-hydrogen) atoms. The SMILES string of the molecule is Cc1ccnc(Sc2ccc(C(C)N)cc2F)n1. The lowest BCUT2D eigenvalue weighted by molar-refractivity contribution is 0.596. The van der Waals surface area contributed by atoms with E-state index in [9.17, 15) is 4.39 Å². The average molecular weight is 263 g/mol. The highest BCUT2D eigenvalue weighted by atomic mass is 32.2. The fraction of sp³-hybridized carbons (Fsp3) is 0.231. The Balaban J connectivity index is 2.24. The Bertz CT molecular complexity index is 558. The van der Waals surface area contributed by atoms with Crippen molar-refractivity contribution in [2.24, 2.45) is 5.73 Å². The van der Waals surface area contributed by atoms with Gasteiger partial charge in [-0.15, -0.1) is 0 Å². The molecule has 2 N–H and O–H groups in total. The molecule has 0 aliphatic heterocycles. The van der Waals surface area contributed by atoms with Crippen LogP contribution in [-0.2, 0) is 0 Å². The molecular formula is C13H14FN3S. The maximum atomic E-state index is 13.9. The zero-order chi connectivity index (χ0) is 13.1. The van der Waals surface area contributed by atoms with E-state index in [0.717, 1.165) is 11.3 Å². The Morgan fingerprint density at radius 2 is 2.11 bits per heavy atom. The molecule has 0 aliphatic rings. The Labute approximate surface area is 110 Å². The van der Waals surface area contributed by atoms with Crippen LogP contribution in [-0.4, -0.2) is 9.97 Å². The van der Waals surface area contributed by atoms with Gasteiger partial charge in [-0.05, 0) is 49.4 Å². The average Bonchev–Trinajstić information content (AvgIpc) is 2.31. The monoisotopic (exact) mass is 263 g/mol. The van der Waals surface area contributed by atoms with Crippen molar-refractivity contribution < 1.29 is 4.39 Å². The van der Waals surface area contributed by atoms with Gasteiger partial charge in [-0.3, -0.25) is 0 Å². The third-order valence-electron chi connectivity index (χ3n) is 2.46. The van der Waals surface area contributed by atoms with E-state index in [1.165, 1.54) is 17.8 Å². The van der Waals surface area contributed by atoms with Gasteiger partial charge in [-0.1, -0.05) is 6.07 Å². The lowest BCUT2D eigenvalue weighted by Gasteiger charge is -2.08. The van der Waals surface area contributed by atoms with Crippen molar-refractivity contribution in [2.75, 3.05) is 0 Å². The highest BCUT2D eigenvalue weighted by Gasteiger charge is 2.09. The maximum Gasteiger partial charge on any atom is 0.192 e. The molecule has 0 saturated carbocycles. The Hall–Kier alpha value is -1.46. The second kappa shape index (κ2) is 5.46. The quantitative estimate of drug-likeness (QED) is 0.865. The van der Waals surface area contributed by atoms with Gasteiger partial charge in [0.15, 0.2) is 5.16 Å². The van der Waals surface area contributed by atoms with Gasteiger partial charge < -0.3 is 5.73 Å². The van der Waals surface area contributed by atoms with E-state index in [0.29, 0.717) is 10.1 Å². The van der Waals surface area contributed by atoms with Crippen molar-refractivity contribution in [2.45, 2.75) is 29.9 Å². The number of rotatable bonds is 3. The fourth-order valence-electron chi connectivity index (χ4n) is 1.46. The fourth-order valence-corrected chi connectivity index (χ4v) is 2.25. The Morgan fingerprint density at radius 1 is 1.33 bits per heavy atom. The molecule has 1 unspecified atom stereocenters. The first-order chi connectivity index (χ1) is 8.56. The molecule has 3 nitrogen and oxygen atoms in total. The summed E-state index contributed by atoms with van der Waals surface area (Å²) in [5.74, 6) is -0.292. The standard InChI is InChI=1S/C13H14FN3S/c1-8-5-6-16-13(17-8)18-12-4-3-10(9(2)15)7-11(12)14/h3-7,9H,15H2,1-2H3. The number of benzene rings is 1. The maximum absolute atomic E-state index is 13.9. The Morgan fingerprint density at radius 3 is 2.72 bits per heavy atom. The first-order valence-corrected chi connectivity index (χ1v) is 6.40. The summed E-state index contributed by atoms with van der Waals surface area (Å²) in [7, 11) is 0. The van der Waals surface area contributed by atoms with Gasteiger partial charge >= 0.3 is 0 Å². The van der Waals surface area contributed by atoms with Crippen LogP contribution in [0.5, 0.6) is 0 Å². The number of nitrogens with two attached hydrogens (primary N) is 1. The molecule has 0 amide bonds. The van der Waals surface area contributed by atoms with Crippen LogP contribution in [0.25, 0.3) is 0 Å². The van der Waals surface area contributed by atoms with Crippen LogP contribution in [0, 0.1) is 12.7 Å². The van der Waals surface area contributed by atoms with Crippen molar-refractivity contribution in [1.82, 2.24) is 9.97 Å². The lowest BCUT2D eigenvalue weighted by atomic mass is 10.1. The number of hydrogen-bond acceptors (Lipinski definition) is 4. The molecular weight excluding hydrogens is 249 g/mol. The van der Waals surface area contributed by atoms with E-state index in [-0.39, 0.29) is 11.9 Å². The van der Waals surface area contributed by atoms with Crippen LogP contribution >= 0.6 is 11.8 Å². The molecule has 1 heterocycles. The molecule has 2 aromatic rings. The van der Waals surface area contributed by atoms with Gasteiger partial charge in [-0.2, -0.15) is 0 Å². The zero-order valence-electron chi connectivity index (χ0n) is 10.2. The summed E-state index contributed by atoms with van der Waals surface area (Å²) in [5.41, 5.74) is 7.35. The summed E-state index contributed by atoms with van der Waals surface area (Å²) < 4.78 is 13.9. The second-order valence-electron chi connectivity index (χ2n) is 4.06. The van der Waals surface area contributed by atoms with E-state index in [4.69, 9.17) is 5.73 Å². The first kappa shape index (κ1) is 13.0. The van der Waals surface area contributed by atoms with E-state index < -0.39 is 0 Å². The summed E-state index contributed by atoms with van der Waals surface area (Å²) >= 11 is 1.21. The number of nitrogens with zero attached hydrogens (tertiary/aromatic N) is 2. The van der Waals surface area contributed by atoms with Crippen LogP contribution in [0.4, 0.5) is 4.39 Å². The molecule has 1 atom stereocenters. The van der Waals surface area contributed by atoms with Gasteiger partial charge in [-0.25, -0.2) is 14.4 Å². The van der Waals surface area contributed by atoms with Crippen LogP contribution in [0.15, 0.2) is 40.5 Å². The second-order valence-corrected chi connectivity index (χ2v) is 5.07. The minimum absolute atomic E-state index is 0.172. The van der Waals surface area contributed by atoms with Crippen LogP contribution in [0.1, 0.15) is 24.2 Å². The van der Waals surface area contributed by atoms with Crippen LogP contribution < -0.4 is 5.73 Å². The summed E-state index contributed by atoms with van der Waals surface area (Å²) in [4.78, 5) is 8.83. The van der Waals surface area contributed by atoms with Crippen molar-refractivity contribution in [3.05, 3.63) is 47.5 Å². The van der Waals surface area contributed by atoms with Crippen molar-refractivity contribution in [3.63, 3.8) is 0 Å². The smallest absolute Gasteiger partial charge is 0.192 e. The summed E-state index contributed by atoms with van der Waals surface area (Å²) in [6.07, 6.45) is 1.67. The zero-order valence-corrected chi connectivity index (χ0v) is 11.0. The predicted octanol–water partition coefficient (Wildman–Crippen LogP) is 3.10. The molecule has 1 aromatic heterocycles. The molecule has 94 valence electrons. The number of halogens is 1. The van der Waals surface area contributed by atoms with E-state index >= 15 is 0 Å². The number of aromatic nitrogens is 2.